The first-order valence-corrected chi connectivity index (χ1v) is 7.11. The molecule has 1 aliphatic rings. The highest BCUT2D eigenvalue weighted by Crippen LogP contribution is 2.30. The largest absolute Gasteiger partial charge is 0.334 e. The van der Waals surface area contributed by atoms with Crippen LogP contribution in [-0.4, -0.2) is 34.9 Å². The van der Waals surface area contributed by atoms with Crippen molar-refractivity contribution in [3.05, 3.63) is 16.6 Å². The Labute approximate surface area is 106 Å². The molecule has 4 nitrogen and oxygen atoms in total. The molecule has 0 bridgehead atoms. The van der Waals surface area contributed by atoms with Crippen LogP contribution in [0.2, 0.25) is 0 Å². The van der Waals surface area contributed by atoms with Crippen molar-refractivity contribution in [2.24, 2.45) is 11.7 Å². The van der Waals surface area contributed by atoms with Crippen molar-refractivity contribution >= 4 is 17.2 Å². The maximum Gasteiger partial charge on any atom is 0.273 e. The van der Waals surface area contributed by atoms with Gasteiger partial charge < -0.3 is 10.6 Å². The van der Waals surface area contributed by atoms with Crippen LogP contribution in [0.3, 0.4) is 0 Å². The summed E-state index contributed by atoms with van der Waals surface area (Å²) in [4.78, 5) is 18.4. The van der Waals surface area contributed by atoms with Crippen LogP contribution in [-0.2, 0) is 0 Å². The molecule has 5 heteroatoms. The molecule has 0 aromatic carbocycles. The third-order valence-corrected chi connectivity index (χ3v) is 4.16. The SMILES string of the molecule is CCN(C(=O)c1cscn1)C1CCCC1CN. The van der Waals surface area contributed by atoms with Gasteiger partial charge in [-0.05, 0) is 32.2 Å². The predicted molar refractivity (Wildman–Crippen MR) is 69.0 cm³/mol. The minimum Gasteiger partial charge on any atom is -0.334 e. The van der Waals surface area contributed by atoms with Gasteiger partial charge in [-0.2, -0.15) is 0 Å². The first-order valence-electron chi connectivity index (χ1n) is 6.17. The first kappa shape index (κ1) is 12.5. The maximum absolute atomic E-state index is 12.3. The van der Waals surface area contributed by atoms with Crippen LogP contribution in [0.15, 0.2) is 10.9 Å². The number of hydrogen-bond acceptors (Lipinski definition) is 4. The Morgan fingerprint density at radius 1 is 1.65 bits per heavy atom. The number of nitrogens with two attached hydrogens (primary N) is 1. The number of rotatable bonds is 4. The van der Waals surface area contributed by atoms with Crippen LogP contribution in [0.1, 0.15) is 36.7 Å². The highest BCUT2D eigenvalue weighted by molar-refractivity contribution is 7.07. The molecule has 0 aliphatic heterocycles. The van der Waals surface area contributed by atoms with Crippen molar-refractivity contribution < 1.29 is 4.79 Å². The number of carbonyl (C=O) groups excluding carboxylic acids is 1. The summed E-state index contributed by atoms with van der Waals surface area (Å²) in [5.41, 5.74) is 8.06. The molecule has 0 spiro atoms. The fraction of sp³-hybridized carbons (Fsp3) is 0.667. The summed E-state index contributed by atoms with van der Waals surface area (Å²) in [5, 5.41) is 1.82. The highest BCUT2D eigenvalue weighted by Gasteiger charge is 2.33. The molecule has 1 aromatic rings. The van der Waals surface area contributed by atoms with Gasteiger partial charge >= 0.3 is 0 Å². The molecule has 1 heterocycles. The number of aromatic nitrogens is 1. The molecule has 1 amide bonds. The van der Waals surface area contributed by atoms with E-state index in [1.165, 1.54) is 17.8 Å². The van der Waals surface area contributed by atoms with Crippen molar-refractivity contribution in [1.82, 2.24) is 9.88 Å². The van der Waals surface area contributed by atoms with Crippen LogP contribution in [0, 0.1) is 5.92 Å². The van der Waals surface area contributed by atoms with Gasteiger partial charge in [0.15, 0.2) is 0 Å². The molecular formula is C12H19N3OS. The van der Waals surface area contributed by atoms with Crippen LogP contribution in [0.4, 0.5) is 0 Å². The molecule has 2 rings (SSSR count). The van der Waals surface area contributed by atoms with Gasteiger partial charge in [-0.15, -0.1) is 11.3 Å². The molecule has 2 N–H and O–H groups in total. The van der Waals surface area contributed by atoms with Crippen LogP contribution >= 0.6 is 11.3 Å². The van der Waals surface area contributed by atoms with E-state index in [-0.39, 0.29) is 5.91 Å². The molecule has 2 unspecified atom stereocenters. The monoisotopic (exact) mass is 253 g/mol. The lowest BCUT2D eigenvalue weighted by Gasteiger charge is -2.31. The second-order valence-corrected chi connectivity index (χ2v) is 5.18. The molecular weight excluding hydrogens is 234 g/mol. The summed E-state index contributed by atoms with van der Waals surface area (Å²) in [6, 6.07) is 0.305. The number of thiazole rings is 1. The Hall–Kier alpha value is -0.940. The third kappa shape index (κ3) is 2.50. The zero-order valence-corrected chi connectivity index (χ0v) is 10.9. The molecule has 2 atom stereocenters. The minimum absolute atomic E-state index is 0.0547. The van der Waals surface area contributed by atoms with E-state index in [1.54, 1.807) is 5.51 Å². The number of nitrogens with zero attached hydrogens (tertiary/aromatic N) is 2. The molecule has 1 fully saturated rings. The van der Waals surface area contributed by atoms with Gasteiger partial charge in [0.25, 0.3) is 5.91 Å². The summed E-state index contributed by atoms with van der Waals surface area (Å²) < 4.78 is 0. The quantitative estimate of drug-likeness (QED) is 0.889. The highest BCUT2D eigenvalue weighted by atomic mass is 32.1. The molecule has 94 valence electrons. The van der Waals surface area contributed by atoms with Crippen LogP contribution in [0.5, 0.6) is 0 Å². The van der Waals surface area contributed by atoms with Gasteiger partial charge in [-0.25, -0.2) is 4.98 Å². The Morgan fingerprint density at radius 2 is 2.47 bits per heavy atom. The Morgan fingerprint density at radius 3 is 3.06 bits per heavy atom. The molecule has 0 saturated heterocycles. The van der Waals surface area contributed by atoms with E-state index in [2.05, 4.69) is 4.98 Å². The van der Waals surface area contributed by atoms with Crippen molar-refractivity contribution in [3.63, 3.8) is 0 Å². The summed E-state index contributed by atoms with van der Waals surface area (Å²) in [5.74, 6) is 0.511. The predicted octanol–water partition coefficient (Wildman–Crippen LogP) is 1.73. The van der Waals surface area contributed by atoms with Crippen molar-refractivity contribution in [3.8, 4) is 0 Å². The average molecular weight is 253 g/mol. The summed E-state index contributed by atoms with van der Waals surface area (Å²) in [6.45, 7) is 3.43. The van der Waals surface area contributed by atoms with E-state index in [0.29, 0.717) is 24.2 Å². The minimum atomic E-state index is 0.0547. The van der Waals surface area contributed by atoms with Crippen LogP contribution < -0.4 is 5.73 Å². The molecule has 0 radical (unpaired) electrons. The fourth-order valence-corrected chi connectivity index (χ4v) is 3.22. The second kappa shape index (κ2) is 5.60. The zero-order chi connectivity index (χ0) is 12.3. The second-order valence-electron chi connectivity index (χ2n) is 4.46. The topological polar surface area (TPSA) is 59.2 Å². The summed E-state index contributed by atoms with van der Waals surface area (Å²) in [7, 11) is 0. The maximum atomic E-state index is 12.3. The van der Waals surface area contributed by atoms with Gasteiger partial charge in [0.05, 0.1) is 5.51 Å². The third-order valence-electron chi connectivity index (χ3n) is 3.58. The van der Waals surface area contributed by atoms with Gasteiger partial charge in [0.2, 0.25) is 0 Å². The molecule has 17 heavy (non-hydrogen) atoms. The first-order chi connectivity index (χ1) is 8.27. The smallest absolute Gasteiger partial charge is 0.273 e. The van der Waals surface area contributed by atoms with Crippen LogP contribution in [0.25, 0.3) is 0 Å². The Bertz CT molecular complexity index is 366. The van der Waals surface area contributed by atoms with E-state index in [1.807, 2.05) is 17.2 Å². The van der Waals surface area contributed by atoms with E-state index in [9.17, 15) is 4.79 Å². The summed E-state index contributed by atoms with van der Waals surface area (Å²) >= 11 is 1.46. The number of amides is 1. The zero-order valence-electron chi connectivity index (χ0n) is 10.1. The van der Waals surface area contributed by atoms with Gasteiger partial charge in [-0.3, -0.25) is 4.79 Å². The van der Waals surface area contributed by atoms with Gasteiger partial charge in [0, 0.05) is 18.0 Å². The average Bonchev–Trinajstić information content (AvgIpc) is 3.01. The van der Waals surface area contributed by atoms with Gasteiger partial charge in [-0.1, -0.05) is 6.42 Å². The lowest BCUT2D eigenvalue weighted by molar-refractivity contribution is 0.0647. The van der Waals surface area contributed by atoms with Crippen molar-refractivity contribution in [2.75, 3.05) is 13.1 Å². The van der Waals surface area contributed by atoms with Crippen molar-refractivity contribution in [1.29, 1.82) is 0 Å². The van der Waals surface area contributed by atoms with E-state index in [4.69, 9.17) is 5.73 Å². The van der Waals surface area contributed by atoms with Crippen molar-refractivity contribution in [2.45, 2.75) is 32.2 Å². The summed E-state index contributed by atoms with van der Waals surface area (Å²) in [6.07, 6.45) is 3.39. The fourth-order valence-electron chi connectivity index (χ4n) is 2.70. The normalized spacial score (nSPS) is 23.9. The molecule has 1 saturated carbocycles. The number of carbonyl (C=O) groups is 1. The Balaban J connectivity index is 2.13. The standard InChI is InChI=1S/C12H19N3OS/c1-2-15(11-5-3-4-9(11)6-13)12(16)10-7-17-8-14-10/h7-9,11H,2-6,13H2,1H3. The van der Waals surface area contributed by atoms with E-state index < -0.39 is 0 Å². The van der Waals surface area contributed by atoms with Gasteiger partial charge in [0.1, 0.15) is 5.69 Å². The van der Waals surface area contributed by atoms with E-state index >= 15 is 0 Å². The lowest BCUT2D eigenvalue weighted by Crippen LogP contribution is -2.44. The molecule has 1 aliphatic carbocycles. The van der Waals surface area contributed by atoms with E-state index in [0.717, 1.165) is 19.4 Å². The lowest BCUT2D eigenvalue weighted by atomic mass is 10.0. The number of hydrogen-bond donors (Lipinski definition) is 1. The molecule has 1 aromatic heterocycles. The Kier molecular flexibility index (Phi) is 4.12.